The number of pyridine rings is 1. The highest BCUT2D eigenvalue weighted by Crippen LogP contribution is 2.18. The molecule has 2 rings (SSSR count). The number of nitrogens with one attached hydrogen (secondary N) is 1. The Balaban J connectivity index is 1.72. The van der Waals surface area contributed by atoms with E-state index in [1.165, 1.54) is 19.3 Å². The molecular weight excluding hydrogens is 236 g/mol. The zero-order valence-corrected chi connectivity index (χ0v) is 11.6. The molecule has 0 spiro atoms. The van der Waals surface area contributed by atoms with E-state index in [4.69, 9.17) is 4.74 Å². The summed E-state index contributed by atoms with van der Waals surface area (Å²) in [5.41, 5.74) is 0.994. The van der Waals surface area contributed by atoms with Crippen molar-refractivity contribution in [2.45, 2.75) is 25.7 Å². The van der Waals surface area contributed by atoms with Gasteiger partial charge in [-0.25, -0.2) is 0 Å². The summed E-state index contributed by atoms with van der Waals surface area (Å²) in [5.74, 6) is 0.918. The molecule has 1 N–H and O–H groups in total. The molecule has 0 saturated heterocycles. The third-order valence-corrected chi connectivity index (χ3v) is 3.17. The Kier molecular flexibility index (Phi) is 5.63. The molecule has 0 bridgehead atoms. The van der Waals surface area contributed by atoms with Crippen LogP contribution in [-0.2, 0) is 0 Å². The Bertz CT molecular complexity index is 499. The van der Waals surface area contributed by atoms with E-state index in [1.807, 2.05) is 31.4 Å². The molecule has 1 aromatic heterocycles. The molecule has 0 radical (unpaired) electrons. The van der Waals surface area contributed by atoms with Crippen molar-refractivity contribution in [2.75, 3.05) is 20.2 Å². The summed E-state index contributed by atoms with van der Waals surface area (Å²) in [5, 5.41) is 4.32. The molecule has 1 heterocycles. The molecule has 19 heavy (non-hydrogen) atoms. The van der Waals surface area contributed by atoms with E-state index >= 15 is 0 Å². The molecule has 0 aliphatic rings. The van der Waals surface area contributed by atoms with Crippen molar-refractivity contribution >= 4 is 10.9 Å². The van der Waals surface area contributed by atoms with Crippen molar-refractivity contribution in [1.82, 2.24) is 10.3 Å². The fraction of sp³-hybridized carbons (Fsp3) is 0.438. The van der Waals surface area contributed by atoms with Gasteiger partial charge in [0.2, 0.25) is 0 Å². The Morgan fingerprint density at radius 1 is 1.11 bits per heavy atom. The maximum atomic E-state index is 5.77. The van der Waals surface area contributed by atoms with Crippen LogP contribution in [0.1, 0.15) is 25.7 Å². The monoisotopic (exact) mass is 258 g/mol. The lowest BCUT2D eigenvalue weighted by atomic mass is 10.2. The maximum absolute atomic E-state index is 5.77. The van der Waals surface area contributed by atoms with Gasteiger partial charge in [0.05, 0.1) is 12.1 Å². The largest absolute Gasteiger partial charge is 0.494 e. The Labute approximate surface area is 115 Å². The molecular formula is C16H22N2O. The number of ether oxygens (including phenoxy) is 1. The number of unbranched alkanes of at least 4 members (excludes halogenated alkanes) is 3. The van der Waals surface area contributed by atoms with Gasteiger partial charge in [0, 0.05) is 17.6 Å². The number of aromatic nitrogens is 1. The topological polar surface area (TPSA) is 34.1 Å². The summed E-state index contributed by atoms with van der Waals surface area (Å²) in [6, 6.07) is 10.1. The van der Waals surface area contributed by atoms with E-state index in [2.05, 4.69) is 22.4 Å². The SMILES string of the molecule is CNCCCCCCOc1ccc2cccnc2c1. The summed E-state index contributed by atoms with van der Waals surface area (Å²) in [6.45, 7) is 1.90. The molecule has 0 aliphatic carbocycles. The van der Waals surface area contributed by atoms with Gasteiger partial charge in [-0.1, -0.05) is 18.9 Å². The number of fused-ring (bicyclic) bond motifs is 1. The first kappa shape index (κ1) is 13.8. The van der Waals surface area contributed by atoms with Gasteiger partial charge < -0.3 is 10.1 Å². The van der Waals surface area contributed by atoms with Gasteiger partial charge in [-0.15, -0.1) is 0 Å². The molecule has 1 aromatic carbocycles. The van der Waals surface area contributed by atoms with Gasteiger partial charge in [0.15, 0.2) is 0 Å². The first-order valence-corrected chi connectivity index (χ1v) is 7.02. The van der Waals surface area contributed by atoms with E-state index in [9.17, 15) is 0 Å². The number of rotatable bonds is 8. The average molecular weight is 258 g/mol. The highest BCUT2D eigenvalue weighted by molar-refractivity contribution is 5.79. The van der Waals surface area contributed by atoms with Crippen LogP contribution < -0.4 is 10.1 Å². The van der Waals surface area contributed by atoms with Gasteiger partial charge in [-0.3, -0.25) is 4.98 Å². The Morgan fingerprint density at radius 2 is 2.00 bits per heavy atom. The van der Waals surface area contributed by atoms with Crippen molar-refractivity contribution in [3.8, 4) is 5.75 Å². The van der Waals surface area contributed by atoms with E-state index in [0.717, 1.165) is 36.2 Å². The average Bonchev–Trinajstić information content (AvgIpc) is 2.46. The predicted octanol–water partition coefficient (Wildman–Crippen LogP) is 3.39. The van der Waals surface area contributed by atoms with Gasteiger partial charge in [0.25, 0.3) is 0 Å². The van der Waals surface area contributed by atoms with E-state index in [1.54, 1.807) is 0 Å². The van der Waals surface area contributed by atoms with Crippen LogP contribution in [0.2, 0.25) is 0 Å². The molecule has 102 valence electrons. The van der Waals surface area contributed by atoms with Crippen LogP contribution in [0.5, 0.6) is 5.75 Å². The van der Waals surface area contributed by atoms with Crippen LogP contribution in [0.25, 0.3) is 10.9 Å². The number of hydrogen-bond acceptors (Lipinski definition) is 3. The quantitative estimate of drug-likeness (QED) is 0.737. The van der Waals surface area contributed by atoms with E-state index < -0.39 is 0 Å². The second-order valence-corrected chi connectivity index (χ2v) is 4.72. The van der Waals surface area contributed by atoms with Gasteiger partial charge in [-0.2, -0.15) is 0 Å². The minimum Gasteiger partial charge on any atom is -0.494 e. The summed E-state index contributed by atoms with van der Waals surface area (Å²) in [6.07, 6.45) is 6.67. The molecule has 0 atom stereocenters. The summed E-state index contributed by atoms with van der Waals surface area (Å²) in [7, 11) is 2.00. The second-order valence-electron chi connectivity index (χ2n) is 4.72. The maximum Gasteiger partial charge on any atom is 0.121 e. The van der Waals surface area contributed by atoms with Crippen LogP contribution in [0.15, 0.2) is 36.5 Å². The lowest BCUT2D eigenvalue weighted by Gasteiger charge is -2.07. The minimum absolute atomic E-state index is 0.790. The predicted molar refractivity (Wildman–Crippen MR) is 79.6 cm³/mol. The number of benzene rings is 1. The molecule has 0 saturated carbocycles. The van der Waals surface area contributed by atoms with E-state index in [0.29, 0.717) is 0 Å². The van der Waals surface area contributed by atoms with Crippen LogP contribution in [0, 0.1) is 0 Å². The van der Waals surface area contributed by atoms with Crippen LogP contribution in [0.3, 0.4) is 0 Å². The van der Waals surface area contributed by atoms with Crippen molar-refractivity contribution in [3.63, 3.8) is 0 Å². The highest BCUT2D eigenvalue weighted by atomic mass is 16.5. The molecule has 0 aliphatic heterocycles. The summed E-state index contributed by atoms with van der Waals surface area (Å²) >= 11 is 0. The zero-order chi connectivity index (χ0) is 13.3. The number of hydrogen-bond donors (Lipinski definition) is 1. The van der Waals surface area contributed by atoms with Crippen LogP contribution >= 0.6 is 0 Å². The fourth-order valence-corrected chi connectivity index (χ4v) is 2.08. The van der Waals surface area contributed by atoms with Gasteiger partial charge in [-0.05, 0) is 44.6 Å². The standard InChI is InChI=1S/C16H22N2O/c1-17-10-4-2-3-5-12-19-15-9-8-14-7-6-11-18-16(14)13-15/h6-9,11,13,17H,2-5,10,12H2,1H3. The molecule has 3 heteroatoms. The van der Waals surface area contributed by atoms with Crippen LogP contribution in [-0.4, -0.2) is 25.2 Å². The summed E-state index contributed by atoms with van der Waals surface area (Å²) < 4.78 is 5.77. The Hall–Kier alpha value is -1.61. The first-order chi connectivity index (χ1) is 9.40. The van der Waals surface area contributed by atoms with E-state index in [-0.39, 0.29) is 0 Å². The highest BCUT2D eigenvalue weighted by Gasteiger charge is 1.98. The van der Waals surface area contributed by atoms with Gasteiger partial charge >= 0.3 is 0 Å². The lowest BCUT2D eigenvalue weighted by Crippen LogP contribution is -2.07. The van der Waals surface area contributed by atoms with Gasteiger partial charge in [0.1, 0.15) is 5.75 Å². The summed E-state index contributed by atoms with van der Waals surface area (Å²) in [4.78, 5) is 4.33. The van der Waals surface area contributed by atoms with Crippen molar-refractivity contribution in [1.29, 1.82) is 0 Å². The molecule has 0 amide bonds. The van der Waals surface area contributed by atoms with Crippen molar-refractivity contribution < 1.29 is 4.74 Å². The first-order valence-electron chi connectivity index (χ1n) is 7.02. The Morgan fingerprint density at radius 3 is 2.89 bits per heavy atom. The lowest BCUT2D eigenvalue weighted by molar-refractivity contribution is 0.305. The normalized spacial score (nSPS) is 10.8. The molecule has 0 unspecified atom stereocenters. The molecule has 2 aromatic rings. The zero-order valence-electron chi connectivity index (χ0n) is 11.6. The molecule has 0 fully saturated rings. The van der Waals surface area contributed by atoms with Crippen LogP contribution in [0.4, 0.5) is 0 Å². The van der Waals surface area contributed by atoms with Crippen molar-refractivity contribution in [2.24, 2.45) is 0 Å². The third-order valence-electron chi connectivity index (χ3n) is 3.17. The van der Waals surface area contributed by atoms with Crippen molar-refractivity contribution in [3.05, 3.63) is 36.5 Å². The fourth-order valence-electron chi connectivity index (χ4n) is 2.08. The second kappa shape index (κ2) is 7.74. The number of nitrogens with zero attached hydrogens (tertiary/aromatic N) is 1. The minimum atomic E-state index is 0.790. The third kappa shape index (κ3) is 4.52. The smallest absolute Gasteiger partial charge is 0.121 e. The molecule has 3 nitrogen and oxygen atoms in total.